The Kier molecular flexibility index (Phi) is 6.40. The highest BCUT2D eigenvalue weighted by atomic mass is 19.1. The molecule has 0 spiro atoms. The van der Waals surface area contributed by atoms with Gasteiger partial charge in [0, 0.05) is 0 Å². The number of aromatic amines is 1. The van der Waals surface area contributed by atoms with Gasteiger partial charge in [-0.25, -0.2) is 15.3 Å². The van der Waals surface area contributed by atoms with E-state index in [4.69, 9.17) is 10.3 Å². The normalized spacial score (nSPS) is 14.2. The average molecular weight is 439 g/mol. The van der Waals surface area contributed by atoms with Crippen LogP contribution in [0.1, 0.15) is 27.9 Å². The van der Waals surface area contributed by atoms with Crippen LogP contribution in [-0.4, -0.2) is 58.0 Å². The Labute approximate surface area is 171 Å². The highest BCUT2D eigenvalue weighted by Crippen LogP contribution is 2.22. The molecule has 3 aromatic heterocycles. The molecule has 0 saturated heterocycles. The number of aliphatic hydroxyl groups is 3. The third-order valence-corrected chi connectivity index (χ3v) is 4.28. The van der Waals surface area contributed by atoms with Gasteiger partial charge in [-0.1, -0.05) is 5.21 Å². The SMILES string of the molecule is NNC(=O)c1coc([C@@H](O)[C@H](O)[C@H](O)Cn2cc(Cn3cc(F)c(=O)[nH]c3=O)nn2)c1. The molecule has 3 heterocycles. The molecule has 0 bridgehead atoms. The van der Waals surface area contributed by atoms with E-state index in [1.807, 2.05) is 5.43 Å². The van der Waals surface area contributed by atoms with E-state index in [9.17, 15) is 34.1 Å². The van der Waals surface area contributed by atoms with Crippen molar-refractivity contribution in [2.45, 2.75) is 31.4 Å². The van der Waals surface area contributed by atoms with Crippen LogP contribution in [0.3, 0.4) is 0 Å². The van der Waals surface area contributed by atoms with Crippen molar-refractivity contribution in [2.75, 3.05) is 0 Å². The molecule has 0 radical (unpaired) electrons. The second-order valence-electron chi connectivity index (χ2n) is 6.51. The number of hydrazine groups is 1. The Balaban J connectivity index is 1.65. The zero-order valence-corrected chi connectivity index (χ0v) is 15.7. The molecule has 1 amide bonds. The van der Waals surface area contributed by atoms with Gasteiger partial charge in [-0.15, -0.1) is 5.10 Å². The number of nitrogens with two attached hydrogens (primary N) is 1. The molecule has 15 heteroatoms. The highest BCUT2D eigenvalue weighted by molar-refractivity contribution is 5.93. The molecule has 3 rings (SSSR count). The van der Waals surface area contributed by atoms with Crippen LogP contribution in [0.5, 0.6) is 0 Å². The van der Waals surface area contributed by atoms with Crippen LogP contribution in [0.25, 0.3) is 0 Å². The largest absolute Gasteiger partial charge is 0.466 e. The van der Waals surface area contributed by atoms with Crippen LogP contribution in [0.2, 0.25) is 0 Å². The van der Waals surface area contributed by atoms with Gasteiger partial charge in [-0.2, -0.15) is 4.39 Å². The fourth-order valence-corrected chi connectivity index (χ4v) is 2.66. The Hall–Kier alpha value is -3.66. The van der Waals surface area contributed by atoms with Crippen molar-refractivity contribution in [3.05, 3.63) is 68.4 Å². The Bertz CT molecular complexity index is 1180. The van der Waals surface area contributed by atoms with Crippen molar-refractivity contribution in [1.29, 1.82) is 0 Å². The van der Waals surface area contributed by atoms with E-state index < -0.39 is 41.3 Å². The maximum absolute atomic E-state index is 13.3. The maximum Gasteiger partial charge on any atom is 0.328 e. The lowest BCUT2D eigenvalue weighted by molar-refractivity contribution is -0.0739. The van der Waals surface area contributed by atoms with Gasteiger partial charge in [0.15, 0.2) is 0 Å². The van der Waals surface area contributed by atoms with E-state index in [0.717, 1.165) is 27.8 Å². The van der Waals surface area contributed by atoms with Crippen LogP contribution in [0.15, 0.2) is 38.7 Å². The van der Waals surface area contributed by atoms with Gasteiger partial charge in [0.05, 0.1) is 31.0 Å². The maximum atomic E-state index is 13.3. The number of furan rings is 1. The van der Waals surface area contributed by atoms with Crippen molar-refractivity contribution >= 4 is 5.91 Å². The summed E-state index contributed by atoms with van der Waals surface area (Å²) in [5, 5.41) is 38.0. The third-order valence-electron chi connectivity index (χ3n) is 4.28. The standard InChI is InChI=1S/C16H18FN7O7/c17-9-4-23(16(30)19-15(9)29)2-8-3-24(22-21-8)5-10(25)12(26)13(27)11-1-7(6-31-11)14(28)20-18/h1,3-4,6,10,12-13,25-27H,2,5,18H2,(H,20,28)(H,19,29,30)/t10-,12-,13-/m1/s1. The number of carbonyl (C=O) groups is 1. The van der Waals surface area contributed by atoms with Gasteiger partial charge in [0.2, 0.25) is 5.82 Å². The summed E-state index contributed by atoms with van der Waals surface area (Å²) in [7, 11) is 0. The molecule has 0 aliphatic rings. The van der Waals surface area contributed by atoms with Crippen molar-refractivity contribution in [3.8, 4) is 0 Å². The Morgan fingerprint density at radius 1 is 1.32 bits per heavy atom. The monoisotopic (exact) mass is 439 g/mol. The minimum atomic E-state index is -1.72. The van der Waals surface area contributed by atoms with E-state index in [-0.39, 0.29) is 30.1 Å². The highest BCUT2D eigenvalue weighted by Gasteiger charge is 2.29. The van der Waals surface area contributed by atoms with E-state index in [0.29, 0.717) is 0 Å². The number of hydrogen-bond donors (Lipinski definition) is 6. The molecule has 0 aliphatic heterocycles. The van der Waals surface area contributed by atoms with Gasteiger partial charge >= 0.3 is 5.69 Å². The zero-order valence-electron chi connectivity index (χ0n) is 15.7. The van der Waals surface area contributed by atoms with Gasteiger partial charge in [0.1, 0.15) is 36.0 Å². The molecule has 0 fully saturated rings. The van der Waals surface area contributed by atoms with Crippen LogP contribution in [0.4, 0.5) is 4.39 Å². The van der Waals surface area contributed by atoms with Crippen molar-refractivity contribution in [3.63, 3.8) is 0 Å². The Morgan fingerprint density at radius 2 is 2.06 bits per heavy atom. The molecule has 31 heavy (non-hydrogen) atoms. The predicted molar refractivity (Wildman–Crippen MR) is 97.7 cm³/mol. The van der Waals surface area contributed by atoms with Gasteiger partial charge in [0.25, 0.3) is 11.5 Å². The molecule has 0 unspecified atom stereocenters. The summed E-state index contributed by atoms with van der Waals surface area (Å²) in [5.74, 6) is 3.00. The first kappa shape index (κ1) is 22.0. The third kappa shape index (κ3) is 4.92. The van der Waals surface area contributed by atoms with Crippen LogP contribution < -0.4 is 22.5 Å². The molecule has 7 N–H and O–H groups in total. The smallest absolute Gasteiger partial charge is 0.328 e. The first-order valence-corrected chi connectivity index (χ1v) is 8.71. The fourth-order valence-electron chi connectivity index (χ4n) is 2.66. The Morgan fingerprint density at radius 3 is 2.77 bits per heavy atom. The molecule has 0 aromatic carbocycles. The molecule has 14 nitrogen and oxygen atoms in total. The number of amides is 1. The van der Waals surface area contributed by atoms with E-state index in [1.54, 1.807) is 4.98 Å². The van der Waals surface area contributed by atoms with E-state index in [2.05, 4.69) is 10.3 Å². The number of halogens is 1. The lowest BCUT2D eigenvalue weighted by atomic mass is 10.1. The molecule has 166 valence electrons. The summed E-state index contributed by atoms with van der Waals surface area (Å²) < 4.78 is 20.3. The summed E-state index contributed by atoms with van der Waals surface area (Å²) >= 11 is 0. The van der Waals surface area contributed by atoms with E-state index >= 15 is 0 Å². The number of carbonyl (C=O) groups excluding carboxylic acids is 1. The lowest BCUT2D eigenvalue weighted by Crippen LogP contribution is -2.35. The fraction of sp³-hybridized carbons (Fsp3) is 0.312. The number of hydrogen-bond acceptors (Lipinski definition) is 10. The molecule has 3 atom stereocenters. The minimum Gasteiger partial charge on any atom is -0.466 e. The second kappa shape index (κ2) is 9.00. The number of nitrogens with one attached hydrogen (secondary N) is 2. The number of aliphatic hydroxyl groups excluding tert-OH is 3. The molecule has 0 saturated carbocycles. The number of nitrogens with zero attached hydrogens (tertiary/aromatic N) is 4. The number of H-pyrrole nitrogens is 1. The number of nitrogen functional groups attached to an aromatic ring is 1. The van der Waals surface area contributed by atoms with Crippen LogP contribution >= 0.6 is 0 Å². The predicted octanol–water partition coefficient (Wildman–Crippen LogP) is -3.03. The summed E-state index contributed by atoms with van der Waals surface area (Å²) in [5.41, 5.74) is 0.0858. The summed E-state index contributed by atoms with van der Waals surface area (Å²) in [6, 6.07) is 1.15. The molecular formula is C16H18FN7O7. The minimum absolute atomic E-state index is 0.00749. The summed E-state index contributed by atoms with van der Waals surface area (Å²) in [4.78, 5) is 36.0. The van der Waals surface area contributed by atoms with Gasteiger partial charge < -0.3 is 19.7 Å². The lowest BCUT2D eigenvalue weighted by Gasteiger charge is -2.21. The average Bonchev–Trinajstić information content (AvgIpc) is 3.40. The first-order chi connectivity index (χ1) is 14.7. The quantitative estimate of drug-likeness (QED) is 0.119. The summed E-state index contributed by atoms with van der Waals surface area (Å²) in [6.45, 7) is -0.525. The topological polar surface area (TPSA) is 215 Å². The first-order valence-electron chi connectivity index (χ1n) is 8.71. The van der Waals surface area contributed by atoms with Crippen LogP contribution in [0, 0.1) is 5.82 Å². The van der Waals surface area contributed by atoms with Crippen LogP contribution in [-0.2, 0) is 13.1 Å². The van der Waals surface area contributed by atoms with Gasteiger partial charge in [-0.05, 0) is 6.07 Å². The van der Waals surface area contributed by atoms with Gasteiger partial charge in [-0.3, -0.25) is 24.6 Å². The van der Waals surface area contributed by atoms with Crippen molar-refractivity contribution in [2.24, 2.45) is 5.84 Å². The summed E-state index contributed by atoms with van der Waals surface area (Å²) in [6.07, 6.45) is -1.87. The molecular weight excluding hydrogens is 421 g/mol. The zero-order chi connectivity index (χ0) is 22.7. The van der Waals surface area contributed by atoms with Crippen molar-refractivity contribution in [1.82, 2.24) is 30.0 Å². The molecule has 0 aliphatic carbocycles. The number of aromatic nitrogens is 5. The number of rotatable bonds is 8. The van der Waals surface area contributed by atoms with Crippen molar-refractivity contribution < 1.29 is 28.9 Å². The second-order valence-corrected chi connectivity index (χ2v) is 6.51. The molecule has 3 aromatic rings. The van der Waals surface area contributed by atoms with E-state index in [1.165, 1.54) is 6.20 Å².